The number of hydrogen-bond acceptors (Lipinski definition) is 3. The van der Waals surface area contributed by atoms with E-state index in [1.54, 1.807) is 18.8 Å². The minimum absolute atomic E-state index is 0.233. The monoisotopic (exact) mass is 191 g/mol. The summed E-state index contributed by atoms with van der Waals surface area (Å²) in [6, 6.07) is 1.67. The molecule has 2 heterocycles. The Hall–Kier alpha value is -1.48. The maximum atomic E-state index is 6.05. The van der Waals surface area contributed by atoms with Gasteiger partial charge in [-0.05, 0) is 31.0 Å². The minimum Gasteiger partial charge on any atom is -0.472 e. The summed E-state index contributed by atoms with van der Waals surface area (Å²) in [5.41, 5.74) is 9.15. The van der Waals surface area contributed by atoms with Crippen LogP contribution in [0.3, 0.4) is 0 Å². The van der Waals surface area contributed by atoms with Crippen LogP contribution in [0.2, 0.25) is 0 Å². The summed E-state index contributed by atoms with van der Waals surface area (Å²) >= 11 is 0. The Morgan fingerprint density at radius 1 is 1.21 bits per heavy atom. The van der Waals surface area contributed by atoms with E-state index in [9.17, 15) is 0 Å². The van der Waals surface area contributed by atoms with Crippen molar-refractivity contribution in [2.75, 3.05) is 0 Å². The highest BCUT2D eigenvalue weighted by Gasteiger charge is 2.17. The van der Waals surface area contributed by atoms with E-state index in [0.29, 0.717) is 0 Å². The first kappa shape index (κ1) is 9.09. The van der Waals surface area contributed by atoms with Crippen LogP contribution in [0.4, 0.5) is 0 Å². The first-order chi connectivity index (χ1) is 6.70. The van der Waals surface area contributed by atoms with E-state index in [0.717, 1.165) is 22.5 Å². The molecule has 2 N–H and O–H groups in total. The molecule has 0 saturated heterocycles. The lowest BCUT2D eigenvalue weighted by Gasteiger charge is -2.08. The molecule has 3 nitrogen and oxygen atoms in total. The maximum absolute atomic E-state index is 6.05. The summed E-state index contributed by atoms with van der Waals surface area (Å²) in [5, 5.41) is 0. The summed E-state index contributed by atoms with van der Waals surface area (Å²) in [7, 11) is 0. The van der Waals surface area contributed by atoms with E-state index in [-0.39, 0.29) is 6.04 Å². The number of furan rings is 2. The first-order valence-electron chi connectivity index (χ1n) is 4.52. The van der Waals surface area contributed by atoms with E-state index in [4.69, 9.17) is 14.6 Å². The fourth-order valence-electron chi connectivity index (χ4n) is 1.53. The van der Waals surface area contributed by atoms with Gasteiger partial charge in [-0.2, -0.15) is 0 Å². The molecular weight excluding hydrogens is 178 g/mol. The van der Waals surface area contributed by atoms with Gasteiger partial charge in [0.05, 0.1) is 24.8 Å². The fourth-order valence-corrected chi connectivity index (χ4v) is 1.53. The number of nitrogens with two attached hydrogens (primary N) is 1. The van der Waals surface area contributed by atoms with Gasteiger partial charge in [-0.1, -0.05) is 0 Å². The SMILES string of the molecule is Cc1cocc1C(N)c1occc1C. The molecule has 0 fully saturated rings. The average Bonchev–Trinajstić information content (AvgIpc) is 2.73. The maximum Gasteiger partial charge on any atom is 0.128 e. The van der Waals surface area contributed by atoms with Crippen LogP contribution < -0.4 is 5.73 Å². The van der Waals surface area contributed by atoms with E-state index in [2.05, 4.69) is 0 Å². The van der Waals surface area contributed by atoms with Gasteiger partial charge in [-0.15, -0.1) is 0 Å². The second-order valence-electron chi connectivity index (χ2n) is 3.46. The topological polar surface area (TPSA) is 52.3 Å². The zero-order chi connectivity index (χ0) is 10.1. The predicted octanol–water partition coefficient (Wildman–Crippen LogP) is 2.54. The highest BCUT2D eigenvalue weighted by atomic mass is 16.3. The van der Waals surface area contributed by atoms with E-state index < -0.39 is 0 Å². The van der Waals surface area contributed by atoms with E-state index in [1.807, 2.05) is 19.9 Å². The Kier molecular flexibility index (Phi) is 2.17. The molecule has 0 aromatic carbocycles. The van der Waals surface area contributed by atoms with Crippen molar-refractivity contribution in [3.05, 3.63) is 47.3 Å². The Labute approximate surface area is 82.5 Å². The van der Waals surface area contributed by atoms with Gasteiger partial charge in [-0.25, -0.2) is 0 Å². The third-order valence-electron chi connectivity index (χ3n) is 2.41. The standard InChI is InChI=1S/C11H13NO2/c1-7-3-4-14-11(7)10(12)9-6-13-5-8(9)2/h3-6,10H,12H2,1-2H3. The van der Waals surface area contributed by atoms with Gasteiger partial charge in [0.25, 0.3) is 0 Å². The molecule has 0 saturated carbocycles. The van der Waals surface area contributed by atoms with Crippen LogP contribution in [0, 0.1) is 13.8 Å². The van der Waals surface area contributed by atoms with Crippen LogP contribution in [0.15, 0.2) is 33.7 Å². The van der Waals surface area contributed by atoms with Crippen molar-refractivity contribution in [1.29, 1.82) is 0 Å². The van der Waals surface area contributed by atoms with Crippen molar-refractivity contribution < 1.29 is 8.83 Å². The van der Waals surface area contributed by atoms with Crippen LogP contribution in [0.25, 0.3) is 0 Å². The van der Waals surface area contributed by atoms with Crippen LogP contribution in [0.5, 0.6) is 0 Å². The van der Waals surface area contributed by atoms with Crippen LogP contribution in [-0.4, -0.2) is 0 Å². The van der Waals surface area contributed by atoms with Crippen molar-refractivity contribution in [2.45, 2.75) is 19.9 Å². The highest BCUT2D eigenvalue weighted by Crippen LogP contribution is 2.26. The molecular formula is C11H13NO2. The molecule has 0 aliphatic rings. The molecule has 0 aliphatic heterocycles. The molecule has 0 spiro atoms. The van der Waals surface area contributed by atoms with Gasteiger partial charge in [0.15, 0.2) is 0 Å². The third-order valence-corrected chi connectivity index (χ3v) is 2.41. The van der Waals surface area contributed by atoms with Crippen molar-refractivity contribution >= 4 is 0 Å². The summed E-state index contributed by atoms with van der Waals surface area (Å²) in [4.78, 5) is 0. The van der Waals surface area contributed by atoms with Gasteiger partial charge >= 0.3 is 0 Å². The van der Waals surface area contributed by atoms with Crippen LogP contribution in [0.1, 0.15) is 28.5 Å². The van der Waals surface area contributed by atoms with Gasteiger partial charge in [0, 0.05) is 5.56 Å². The Bertz CT molecular complexity index is 388. The van der Waals surface area contributed by atoms with Gasteiger partial charge in [0.1, 0.15) is 5.76 Å². The summed E-state index contributed by atoms with van der Waals surface area (Å²) < 4.78 is 10.4. The molecule has 1 unspecified atom stereocenters. The summed E-state index contributed by atoms with van der Waals surface area (Å²) in [6.07, 6.45) is 5.01. The third kappa shape index (κ3) is 1.36. The van der Waals surface area contributed by atoms with Crippen molar-refractivity contribution in [3.8, 4) is 0 Å². The minimum atomic E-state index is -0.233. The zero-order valence-corrected chi connectivity index (χ0v) is 8.28. The molecule has 2 rings (SSSR count). The Morgan fingerprint density at radius 2 is 2.00 bits per heavy atom. The lowest BCUT2D eigenvalue weighted by Crippen LogP contribution is -2.12. The largest absolute Gasteiger partial charge is 0.472 e. The molecule has 0 radical (unpaired) electrons. The zero-order valence-electron chi connectivity index (χ0n) is 8.28. The molecule has 0 bridgehead atoms. The Balaban J connectivity index is 2.38. The highest BCUT2D eigenvalue weighted by molar-refractivity contribution is 5.32. The second-order valence-corrected chi connectivity index (χ2v) is 3.46. The molecule has 0 aliphatic carbocycles. The van der Waals surface area contributed by atoms with Crippen molar-refractivity contribution in [1.82, 2.24) is 0 Å². The second kappa shape index (κ2) is 3.35. The molecule has 2 aromatic rings. The lowest BCUT2D eigenvalue weighted by molar-refractivity contribution is 0.483. The van der Waals surface area contributed by atoms with Crippen molar-refractivity contribution in [3.63, 3.8) is 0 Å². The molecule has 1 atom stereocenters. The number of hydrogen-bond donors (Lipinski definition) is 1. The van der Waals surface area contributed by atoms with Crippen LogP contribution >= 0.6 is 0 Å². The van der Waals surface area contributed by atoms with E-state index in [1.165, 1.54) is 0 Å². The van der Waals surface area contributed by atoms with Crippen LogP contribution in [-0.2, 0) is 0 Å². The number of aryl methyl sites for hydroxylation is 2. The number of rotatable bonds is 2. The normalized spacial score (nSPS) is 13.1. The van der Waals surface area contributed by atoms with Gasteiger partial charge < -0.3 is 14.6 Å². The molecule has 0 amide bonds. The first-order valence-corrected chi connectivity index (χ1v) is 4.52. The van der Waals surface area contributed by atoms with Gasteiger partial charge in [-0.3, -0.25) is 0 Å². The summed E-state index contributed by atoms with van der Waals surface area (Å²) in [5.74, 6) is 0.800. The Morgan fingerprint density at radius 3 is 2.50 bits per heavy atom. The molecule has 14 heavy (non-hydrogen) atoms. The van der Waals surface area contributed by atoms with E-state index >= 15 is 0 Å². The van der Waals surface area contributed by atoms with Gasteiger partial charge in [0.2, 0.25) is 0 Å². The average molecular weight is 191 g/mol. The molecule has 3 heteroatoms. The summed E-state index contributed by atoms with van der Waals surface area (Å²) in [6.45, 7) is 3.95. The quantitative estimate of drug-likeness (QED) is 0.793. The molecule has 74 valence electrons. The predicted molar refractivity (Wildman–Crippen MR) is 52.9 cm³/mol. The lowest BCUT2D eigenvalue weighted by atomic mass is 10.0. The molecule has 2 aromatic heterocycles. The smallest absolute Gasteiger partial charge is 0.128 e. The van der Waals surface area contributed by atoms with Crippen molar-refractivity contribution in [2.24, 2.45) is 5.73 Å². The fraction of sp³-hybridized carbons (Fsp3) is 0.273.